The molecule has 2 heteroatoms. The predicted molar refractivity (Wildman–Crippen MR) is 41.1 cm³/mol. The van der Waals surface area contributed by atoms with Crippen molar-refractivity contribution < 1.29 is 9.90 Å². The number of rotatable bonds is 1. The monoisotopic (exact) mass is 154 g/mol. The predicted octanol–water partition coefficient (Wildman–Crippen LogP) is 1.27. The van der Waals surface area contributed by atoms with Crippen LogP contribution in [0.4, 0.5) is 0 Å². The topological polar surface area (TPSA) is 37.3 Å². The molecule has 0 spiro atoms. The molecule has 0 bridgehead atoms. The molecule has 0 aromatic heterocycles. The second kappa shape index (κ2) is 2.31. The van der Waals surface area contributed by atoms with Gasteiger partial charge in [0, 0.05) is 6.42 Å². The summed E-state index contributed by atoms with van der Waals surface area (Å²) >= 11 is 0. The molecule has 0 radical (unpaired) electrons. The van der Waals surface area contributed by atoms with Crippen molar-refractivity contribution in [2.45, 2.75) is 44.1 Å². The van der Waals surface area contributed by atoms with Crippen LogP contribution >= 0.6 is 0 Å². The van der Waals surface area contributed by atoms with Crippen LogP contribution in [-0.4, -0.2) is 16.5 Å². The van der Waals surface area contributed by atoms with Gasteiger partial charge in [0.05, 0.1) is 0 Å². The summed E-state index contributed by atoms with van der Waals surface area (Å²) < 4.78 is 0. The molecular formula is C9H14O2. The number of ketones is 1. The first kappa shape index (κ1) is 7.29. The zero-order valence-electron chi connectivity index (χ0n) is 6.68. The number of Topliss-reactive ketones (excluding diaryl/α,β-unsaturated/α-hetero) is 1. The van der Waals surface area contributed by atoms with Gasteiger partial charge < -0.3 is 5.11 Å². The second-order valence-electron chi connectivity index (χ2n) is 3.83. The van der Waals surface area contributed by atoms with E-state index in [2.05, 4.69) is 0 Å². The van der Waals surface area contributed by atoms with Crippen molar-refractivity contribution in [3.8, 4) is 0 Å². The molecule has 0 aromatic rings. The Kier molecular flexibility index (Phi) is 1.53. The van der Waals surface area contributed by atoms with Crippen LogP contribution in [0.1, 0.15) is 38.5 Å². The van der Waals surface area contributed by atoms with Gasteiger partial charge in [-0.25, -0.2) is 0 Å². The van der Waals surface area contributed by atoms with Crippen LogP contribution in [0.5, 0.6) is 0 Å². The molecule has 0 heterocycles. The summed E-state index contributed by atoms with van der Waals surface area (Å²) in [5.74, 6) is 0.418. The minimum atomic E-state index is -0.891. The minimum absolute atomic E-state index is 0.103. The Morgan fingerprint density at radius 3 is 2.64 bits per heavy atom. The van der Waals surface area contributed by atoms with E-state index >= 15 is 0 Å². The van der Waals surface area contributed by atoms with E-state index in [1.54, 1.807) is 0 Å². The molecule has 0 aliphatic heterocycles. The van der Waals surface area contributed by atoms with Crippen molar-refractivity contribution >= 4 is 5.78 Å². The first-order chi connectivity index (χ1) is 5.23. The number of hydrogen-bond donors (Lipinski definition) is 1. The quantitative estimate of drug-likeness (QED) is 0.617. The smallest absolute Gasteiger partial charge is 0.164 e. The molecule has 2 aliphatic carbocycles. The van der Waals surface area contributed by atoms with Gasteiger partial charge in [-0.15, -0.1) is 0 Å². The second-order valence-corrected chi connectivity index (χ2v) is 3.83. The van der Waals surface area contributed by atoms with Gasteiger partial charge in [0.2, 0.25) is 0 Å². The molecule has 2 fully saturated rings. The Morgan fingerprint density at radius 1 is 1.36 bits per heavy atom. The van der Waals surface area contributed by atoms with Crippen molar-refractivity contribution in [1.82, 2.24) is 0 Å². The first-order valence-electron chi connectivity index (χ1n) is 4.49. The van der Waals surface area contributed by atoms with Gasteiger partial charge in [-0.3, -0.25) is 4.79 Å². The van der Waals surface area contributed by atoms with Gasteiger partial charge in [-0.1, -0.05) is 0 Å². The summed E-state index contributed by atoms with van der Waals surface area (Å²) in [6.45, 7) is 0. The molecule has 0 amide bonds. The van der Waals surface area contributed by atoms with E-state index in [1.807, 2.05) is 0 Å². The van der Waals surface area contributed by atoms with Crippen molar-refractivity contribution in [2.24, 2.45) is 5.92 Å². The van der Waals surface area contributed by atoms with Crippen molar-refractivity contribution in [2.75, 3.05) is 0 Å². The zero-order chi connectivity index (χ0) is 7.90. The third-order valence-corrected chi connectivity index (χ3v) is 2.95. The lowest BCUT2D eigenvalue weighted by Crippen LogP contribution is -2.43. The van der Waals surface area contributed by atoms with Crippen molar-refractivity contribution in [3.63, 3.8) is 0 Å². The largest absolute Gasteiger partial charge is 0.382 e. The van der Waals surface area contributed by atoms with E-state index in [-0.39, 0.29) is 5.78 Å². The maximum atomic E-state index is 11.3. The molecule has 0 saturated heterocycles. The highest BCUT2D eigenvalue weighted by molar-refractivity contribution is 5.88. The molecule has 2 rings (SSSR count). The minimum Gasteiger partial charge on any atom is -0.382 e. The maximum absolute atomic E-state index is 11.3. The lowest BCUT2D eigenvalue weighted by molar-refractivity contribution is -0.143. The average Bonchev–Trinajstić information content (AvgIpc) is 2.77. The van der Waals surface area contributed by atoms with Crippen LogP contribution in [0.25, 0.3) is 0 Å². The highest BCUT2D eigenvalue weighted by Crippen LogP contribution is 2.45. The Morgan fingerprint density at radius 2 is 2.09 bits per heavy atom. The fraction of sp³-hybridized carbons (Fsp3) is 0.889. The van der Waals surface area contributed by atoms with Gasteiger partial charge in [-0.2, -0.15) is 0 Å². The zero-order valence-corrected chi connectivity index (χ0v) is 6.68. The highest BCUT2D eigenvalue weighted by Gasteiger charge is 2.49. The van der Waals surface area contributed by atoms with Crippen LogP contribution in [0, 0.1) is 5.92 Å². The van der Waals surface area contributed by atoms with E-state index in [0.717, 1.165) is 32.1 Å². The highest BCUT2D eigenvalue weighted by atomic mass is 16.3. The van der Waals surface area contributed by atoms with Gasteiger partial charge in [0.1, 0.15) is 5.60 Å². The average molecular weight is 154 g/mol. The van der Waals surface area contributed by atoms with E-state index < -0.39 is 5.60 Å². The molecule has 1 N–H and O–H groups in total. The summed E-state index contributed by atoms with van der Waals surface area (Å²) in [5, 5.41) is 9.93. The Hall–Kier alpha value is -0.370. The fourth-order valence-electron chi connectivity index (χ4n) is 2.03. The van der Waals surface area contributed by atoms with Crippen LogP contribution in [-0.2, 0) is 4.79 Å². The molecular weight excluding hydrogens is 140 g/mol. The molecule has 0 aromatic carbocycles. The molecule has 2 saturated carbocycles. The third-order valence-electron chi connectivity index (χ3n) is 2.95. The van der Waals surface area contributed by atoms with E-state index in [1.165, 1.54) is 0 Å². The maximum Gasteiger partial charge on any atom is 0.164 e. The standard InChI is InChI=1S/C9H14O2/c10-8-3-1-2-6-9(8,11)7-4-5-7/h7,11H,1-6H2. The van der Waals surface area contributed by atoms with Crippen LogP contribution < -0.4 is 0 Å². The summed E-state index contributed by atoms with van der Waals surface area (Å²) in [6.07, 6.45) is 5.45. The fourth-order valence-corrected chi connectivity index (χ4v) is 2.03. The molecule has 11 heavy (non-hydrogen) atoms. The number of carbonyl (C=O) groups is 1. The molecule has 2 aliphatic rings. The van der Waals surface area contributed by atoms with Crippen molar-refractivity contribution in [3.05, 3.63) is 0 Å². The Labute approximate surface area is 66.6 Å². The first-order valence-corrected chi connectivity index (χ1v) is 4.49. The van der Waals surface area contributed by atoms with E-state index in [4.69, 9.17) is 0 Å². The Balaban J connectivity index is 2.12. The van der Waals surface area contributed by atoms with Gasteiger partial charge in [-0.05, 0) is 38.0 Å². The number of carbonyl (C=O) groups excluding carboxylic acids is 1. The number of aliphatic hydroxyl groups is 1. The molecule has 1 unspecified atom stereocenters. The van der Waals surface area contributed by atoms with E-state index in [9.17, 15) is 9.90 Å². The van der Waals surface area contributed by atoms with Gasteiger partial charge in [0.15, 0.2) is 5.78 Å². The molecule has 2 nitrogen and oxygen atoms in total. The SMILES string of the molecule is O=C1CCCCC1(O)C1CC1. The van der Waals surface area contributed by atoms with Crippen LogP contribution in [0.2, 0.25) is 0 Å². The molecule has 1 atom stereocenters. The van der Waals surface area contributed by atoms with Gasteiger partial charge >= 0.3 is 0 Å². The van der Waals surface area contributed by atoms with Crippen LogP contribution in [0.3, 0.4) is 0 Å². The lowest BCUT2D eigenvalue weighted by atomic mass is 9.80. The third kappa shape index (κ3) is 1.09. The lowest BCUT2D eigenvalue weighted by Gasteiger charge is -2.30. The van der Waals surface area contributed by atoms with E-state index in [0.29, 0.717) is 12.3 Å². The van der Waals surface area contributed by atoms with Crippen LogP contribution in [0.15, 0.2) is 0 Å². The number of hydrogen-bond acceptors (Lipinski definition) is 2. The molecule has 62 valence electrons. The summed E-state index contributed by atoms with van der Waals surface area (Å²) in [7, 11) is 0. The summed E-state index contributed by atoms with van der Waals surface area (Å²) in [5.41, 5.74) is -0.891. The Bertz CT molecular complexity index is 184. The summed E-state index contributed by atoms with van der Waals surface area (Å²) in [6, 6.07) is 0. The normalized spacial score (nSPS) is 39.2. The van der Waals surface area contributed by atoms with Crippen molar-refractivity contribution in [1.29, 1.82) is 0 Å². The van der Waals surface area contributed by atoms with Gasteiger partial charge in [0.25, 0.3) is 0 Å². The summed E-state index contributed by atoms with van der Waals surface area (Å²) in [4.78, 5) is 11.3.